The molecule has 7 heteroatoms. The molecule has 2 atom stereocenters. The fraction of sp³-hybridized carbons (Fsp3) is 0.500. The van der Waals surface area contributed by atoms with E-state index in [-0.39, 0.29) is 36.4 Å². The van der Waals surface area contributed by atoms with Crippen LogP contribution in [0, 0.1) is 6.92 Å². The van der Waals surface area contributed by atoms with Gasteiger partial charge in [0.1, 0.15) is 6.04 Å². The lowest BCUT2D eigenvalue weighted by Gasteiger charge is -2.29. The van der Waals surface area contributed by atoms with E-state index >= 15 is 0 Å². The van der Waals surface area contributed by atoms with Crippen molar-refractivity contribution in [1.29, 1.82) is 0 Å². The first-order valence-corrected chi connectivity index (χ1v) is 7.38. The summed E-state index contributed by atoms with van der Waals surface area (Å²) < 4.78 is 5.48. The van der Waals surface area contributed by atoms with Crippen LogP contribution in [0.3, 0.4) is 0 Å². The standard InChI is InChI=1S/C16H23N3O3.ClH/c1-10-9-12(5-6-13(10)16(21)19(3)4)18-15(20)14-11(2)22-8-7-17-14;/h5-6,9,11,14,17H,7-8H2,1-4H3,(H,18,20);1H/t11-,14+;/m1./s1. The van der Waals surface area contributed by atoms with Crippen LogP contribution >= 0.6 is 12.4 Å². The summed E-state index contributed by atoms with van der Waals surface area (Å²) in [5.74, 6) is -0.176. The molecule has 1 saturated heterocycles. The molecule has 23 heavy (non-hydrogen) atoms. The van der Waals surface area contributed by atoms with Gasteiger partial charge in [-0.3, -0.25) is 9.59 Å². The van der Waals surface area contributed by atoms with Crippen molar-refractivity contribution in [3.8, 4) is 0 Å². The molecule has 1 aromatic carbocycles. The number of hydrogen-bond donors (Lipinski definition) is 2. The number of carbonyl (C=O) groups excluding carboxylic acids is 2. The summed E-state index contributed by atoms with van der Waals surface area (Å²) in [4.78, 5) is 25.8. The summed E-state index contributed by atoms with van der Waals surface area (Å²) in [5, 5.41) is 6.02. The van der Waals surface area contributed by atoms with Gasteiger partial charge in [0.2, 0.25) is 5.91 Å². The van der Waals surface area contributed by atoms with E-state index in [1.54, 1.807) is 26.2 Å². The van der Waals surface area contributed by atoms with Crippen LogP contribution < -0.4 is 10.6 Å². The number of nitrogens with zero attached hydrogens (tertiary/aromatic N) is 1. The Morgan fingerprint density at radius 2 is 2.04 bits per heavy atom. The molecule has 0 radical (unpaired) electrons. The van der Waals surface area contributed by atoms with E-state index in [1.165, 1.54) is 4.90 Å². The van der Waals surface area contributed by atoms with Gasteiger partial charge in [-0.2, -0.15) is 0 Å². The highest BCUT2D eigenvalue weighted by molar-refractivity contribution is 5.98. The molecule has 1 aromatic rings. The van der Waals surface area contributed by atoms with Gasteiger partial charge in [0.25, 0.3) is 5.91 Å². The van der Waals surface area contributed by atoms with Crippen molar-refractivity contribution < 1.29 is 14.3 Å². The second kappa shape index (κ2) is 8.29. The Morgan fingerprint density at radius 3 is 2.61 bits per heavy atom. The summed E-state index contributed by atoms with van der Waals surface area (Å²) in [6.07, 6.45) is -0.163. The number of anilines is 1. The van der Waals surface area contributed by atoms with Crippen LogP contribution in [-0.4, -0.2) is 56.1 Å². The Bertz CT molecular complexity index is 578. The van der Waals surface area contributed by atoms with Crippen molar-refractivity contribution in [3.63, 3.8) is 0 Å². The average molecular weight is 342 g/mol. The largest absolute Gasteiger partial charge is 0.375 e. The molecule has 128 valence electrons. The second-order valence-corrected chi connectivity index (χ2v) is 5.73. The number of morpholine rings is 1. The van der Waals surface area contributed by atoms with Gasteiger partial charge in [0, 0.05) is 31.9 Å². The van der Waals surface area contributed by atoms with Gasteiger partial charge in [-0.25, -0.2) is 0 Å². The lowest BCUT2D eigenvalue weighted by atomic mass is 10.1. The number of nitrogens with one attached hydrogen (secondary N) is 2. The Morgan fingerprint density at radius 1 is 1.35 bits per heavy atom. The Balaban J connectivity index is 0.00000264. The lowest BCUT2D eigenvalue weighted by molar-refractivity contribution is -0.123. The molecule has 1 aliphatic heterocycles. The highest BCUT2D eigenvalue weighted by Crippen LogP contribution is 2.17. The summed E-state index contributed by atoms with van der Waals surface area (Å²) in [6.45, 7) is 5.01. The maximum absolute atomic E-state index is 12.3. The zero-order chi connectivity index (χ0) is 16.3. The number of carbonyl (C=O) groups is 2. The zero-order valence-corrected chi connectivity index (χ0v) is 14.7. The fourth-order valence-electron chi connectivity index (χ4n) is 2.47. The predicted octanol–water partition coefficient (Wildman–Crippen LogP) is 1.43. The molecule has 1 aliphatic rings. The van der Waals surface area contributed by atoms with E-state index in [9.17, 15) is 9.59 Å². The lowest BCUT2D eigenvalue weighted by Crippen LogP contribution is -2.53. The third kappa shape index (κ3) is 4.67. The van der Waals surface area contributed by atoms with Gasteiger partial charge in [0.15, 0.2) is 0 Å². The number of amides is 2. The molecule has 2 rings (SSSR count). The van der Waals surface area contributed by atoms with Gasteiger partial charge in [-0.1, -0.05) is 0 Å². The van der Waals surface area contributed by atoms with Crippen LogP contribution in [0.15, 0.2) is 18.2 Å². The molecule has 0 saturated carbocycles. The molecule has 0 aromatic heterocycles. The van der Waals surface area contributed by atoms with Crippen molar-refractivity contribution in [2.75, 3.05) is 32.6 Å². The minimum absolute atomic E-state index is 0. The number of aryl methyl sites for hydroxylation is 1. The smallest absolute Gasteiger partial charge is 0.253 e. The van der Waals surface area contributed by atoms with Crippen molar-refractivity contribution in [2.24, 2.45) is 0 Å². The van der Waals surface area contributed by atoms with Crippen molar-refractivity contribution in [2.45, 2.75) is 26.0 Å². The molecular formula is C16H24ClN3O3. The SMILES string of the molecule is Cc1cc(NC(=O)[C@H]2NCCO[C@@H]2C)ccc1C(=O)N(C)C.Cl. The minimum Gasteiger partial charge on any atom is -0.375 e. The van der Waals surface area contributed by atoms with E-state index in [0.29, 0.717) is 24.4 Å². The van der Waals surface area contributed by atoms with E-state index < -0.39 is 0 Å². The number of hydrogen-bond acceptors (Lipinski definition) is 4. The highest BCUT2D eigenvalue weighted by Gasteiger charge is 2.28. The molecule has 1 fully saturated rings. The van der Waals surface area contributed by atoms with Crippen LogP contribution in [-0.2, 0) is 9.53 Å². The van der Waals surface area contributed by atoms with Crippen LogP contribution in [0.4, 0.5) is 5.69 Å². The van der Waals surface area contributed by atoms with Crippen LogP contribution in [0.5, 0.6) is 0 Å². The maximum atomic E-state index is 12.3. The summed E-state index contributed by atoms with van der Waals surface area (Å²) in [7, 11) is 3.43. The third-order valence-electron chi connectivity index (χ3n) is 3.73. The van der Waals surface area contributed by atoms with Gasteiger partial charge < -0.3 is 20.3 Å². The maximum Gasteiger partial charge on any atom is 0.253 e. The fourth-order valence-corrected chi connectivity index (χ4v) is 2.47. The number of benzene rings is 1. The molecule has 6 nitrogen and oxygen atoms in total. The third-order valence-corrected chi connectivity index (χ3v) is 3.73. The Labute approximate surface area is 143 Å². The first kappa shape index (κ1) is 19.4. The van der Waals surface area contributed by atoms with Crippen LogP contribution in [0.25, 0.3) is 0 Å². The number of ether oxygens (including phenoxy) is 1. The number of rotatable bonds is 3. The second-order valence-electron chi connectivity index (χ2n) is 5.73. The van der Waals surface area contributed by atoms with E-state index in [4.69, 9.17) is 4.74 Å². The highest BCUT2D eigenvalue weighted by atomic mass is 35.5. The summed E-state index contributed by atoms with van der Waals surface area (Å²) in [5.41, 5.74) is 2.14. The molecule has 0 spiro atoms. The molecule has 0 bridgehead atoms. The summed E-state index contributed by atoms with van der Waals surface area (Å²) >= 11 is 0. The molecular weight excluding hydrogens is 318 g/mol. The normalized spacial score (nSPS) is 20.3. The van der Waals surface area contributed by atoms with Crippen LogP contribution in [0.2, 0.25) is 0 Å². The summed E-state index contributed by atoms with van der Waals surface area (Å²) in [6, 6.07) is 4.93. The van der Waals surface area contributed by atoms with Crippen molar-refractivity contribution >= 4 is 29.9 Å². The number of halogens is 1. The Kier molecular flexibility index (Phi) is 7.00. The molecule has 2 N–H and O–H groups in total. The molecule has 1 heterocycles. The monoisotopic (exact) mass is 341 g/mol. The van der Waals surface area contributed by atoms with Gasteiger partial charge in [-0.05, 0) is 37.6 Å². The van der Waals surface area contributed by atoms with Gasteiger partial charge in [0.05, 0.1) is 12.7 Å². The topological polar surface area (TPSA) is 70.7 Å². The van der Waals surface area contributed by atoms with E-state index in [2.05, 4.69) is 10.6 Å². The first-order valence-electron chi connectivity index (χ1n) is 7.38. The van der Waals surface area contributed by atoms with Crippen LogP contribution in [0.1, 0.15) is 22.8 Å². The van der Waals surface area contributed by atoms with E-state index in [0.717, 1.165) is 5.56 Å². The van der Waals surface area contributed by atoms with Crippen molar-refractivity contribution in [1.82, 2.24) is 10.2 Å². The van der Waals surface area contributed by atoms with Gasteiger partial charge >= 0.3 is 0 Å². The van der Waals surface area contributed by atoms with Gasteiger partial charge in [-0.15, -0.1) is 12.4 Å². The van der Waals surface area contributed by atoms with Crippen molar-refractivity contribution in [3.05, 3.63) is 29.3 Å². The average Bonchev–Trinajstić information content (AvgIpc) is 2.47. The minimum atomic E-state index is -0.364. The molecule has 0 unspecified atom stereocenters. The molecule has 0 aliphatic carbocycles. The first-order chi connectivity index (χ1) is 10.4. The molecule has 2 amide bonds. The predicted molar refractivity (Wildman–Crippen MR) is 92.3 cm³/mol. The van der Waals surface area contributed by atoms with E-state index in [1.807, 2.05) is 19.9 Å². The Hall–Kier alpha value is -1.63. The zero-order valence-electron chi connectivity index (χ0n) is 13.9. The quantitative estimate of drug-likeness (QED) is 0.872.